The van der Waals surface area contributed by atoms with Gasteiger partial charge >= 0.3 is 0 Å². The maximum absolute atomic E-state index is 5.94. The van der Waals surface area contributed by atoms with Gasteiger partial charge in [0.2, 0.25) is 0 Å². The molecule has 0 aliphatic carbocycles. The molecule has 0 atom stereocenters. The van der Waals surface area contributed by atoms with Gasteiger partial charge in [0.25, 0.3) is 0 Å². The molecule has 1 aliphatic rings. The smallest absolute Gasteiger partial charge is 0.162 e. The van der Waals surface area contributed by atoms with E-state index in [1.54, 1.807) is 0 Å². The van der Waals surface area contributed by atoms with Crippen LogP contribution in [0.3, 0.4) is 0 Å². The Morgan fingerprint density at radius 1 is 1.32 bits per heavy atom. The van der Waals surface area contributed by atoms with Gasteiger partial charge in [-0.15, -0.1) is 11.6 Å². The van der Waals surface area contributed by atoms with Gasteiger partial charge in [0.15, 0.2) is 5.65 Å². The van der Waals surface area contributed by atoms with E-state index >= 15 is 0 Å². The van der Waals surface area contributed by atoms with Crippen molar-refractivity contribution in [3.05, 3.63) is 17.6 Å². The highest BCUT2D eigenvalue weighted by Gasteiger charge is 2.19. The molecule has 0 bridgehead atoms. The van der Waals surface area contributed by atoms with Gasteiger partial charge in [0, 0.05) is 25.8 Å². The monoisotopic (exact) mass is 280 g/mol. The maximum atomic E-state index is 5.94. The van der Waals surface area contributed by atoms with Gasteiger partial charge in [-0.05, 0) is 13.0 Å². The van der Waals surface area contributed by atoms with Crippen LogP contribution >= 0.6 is 11.6 Å². The molecule has 0 amide bonds. The highest BCUT2D eigenvalue weighted by Crippen LogP contribution is 2.27. The number of aryl methyl sites for hydroxylation is 2. The van der Waals surface area contributed by atoms with Gasteiger partial charge in [0.1, 0.15) is 11.3 Å². The predicted molar refractivity (Wildman–Crippen MR) is 75.8 cm³/mol. The van der Waals surface area contributed by atoms with Gasteiger partial charge < -0.3 is 14.2 Å². The van der Waals surface area contributed by atoms with Crippen molar-refractivity contribution in [3.8, 4) is 0 Å². The Morgan fingerprint density at radius 2 is 2.05 bits per heavy atom. The molecule has 0 radical (unpaired) electrons. The van der Waals surface area contributed by atoms with E-state index < -0.39 is 0 Å². The molecule has 5 nitrogen and oxygen atoms in total. The van der Waals surface area contributed by atoms with Crippen LogP contribution in [0.25, 0.3) is 11.2 Å². The number of fused-ring (bicyclic) bond motifs is 1. The topological polar surface area (TPSA) is 43.2 Å². The van der Waals surface area contributed by atoms with Crippen molar-refractivity contribution in [2.75, 3.05) is 31.2 Å². The van der Waals surface area contributed by atoms with Gasteiger partial charge in [-0.1, -0.05) is 0 Å². The minimum absolute atomic E-state index is 0.397. The number of rotatable bonds is 2. The van der Waals surface area contributed by atoms with Crippen LogP contribution in [0.5, 0.6) is 0 Å². The lowest BCUT2D eigenvalue weighted by atomic mass is 10.2. The van der Waals surface area contributed by atoms with Crippen LogP contribution in [0, 0.1) is 6.92 Å². The summed E-state index contributed by atoms with van der Waals surface area (Å²) in [6.07, 6.45) is 0. The highest BCUT2D eigenvalue weighted by molar-refractivity contribution is 6.16. The molecule has 1 fully saturated rings. The van der Waals surface area contributed by atoms with Gasteiger partial charge in [0.05, 0.1) is 24.8 Å². The second-order valence-corrected chi connectivity index (χ2v) is 5.04. The van der Waals surface area contributed by atoms with E-state index in [4.69, 9.17) is 16.3 Å². The van der Waals surface area contributed by atoms with Crippen LogP contribution in [-0.2, 0) is 17.7 Å². The van der Waals surface area contributed by atoms with E-state index in [9.17, 15) is 0 Å². The molecule has 1 aliphatic heterocycles. The van der Waals surface area contributed by atoms with E-state index in [1.807, 2.05) is 18.5 Å². The molecule has 19 heavy (non-hydrogen) atoms. The number of alkyl halides is 1. The first-order valence-electron chi connectivity index (χ1n) is 6.42. The van der Waals surface area contributed by atoms with Crippen molar-refractivity contribution in [3.63, 3.8) is 0 Å². The third kappa shape index (κ3) is 2.17. The molecule has 102 valence electrons. The molecule has 0 spiro atoms. The average molecular weight is 281 g/mol. The Morgan fingerprint density at radius 3 is 2.74 bits per heavy atom. The van der Waals surface area contributed by atoms with E-state index in [0.29, 0.717) is 5.88 Å². The second-order valence-electron chi connectivity index (χ2n) is 4.78. The molecule has 2 aromatic rings. The van der Waals surface area contributed by atoms with Crippen molar-refractivity contribution >= 4 is 28.5 Å². The van der Waals surface area contributed by atoms with Crippen LogP contribution in [0.4, 0.5) is 5.69 Å². The zero-order valence-electron chi connectivity index (χ0n) is 11.2. The number of nitrogens with zero attached hydrogens (tertiary/aromatic N) is 4. The molecule has 1 saturated heterocycles. The quantitative estimate of drug-likeness (QED) is 0.788. The minimum atomic E-state index is 0.397. The third-order valence-corrected chi connectivity index (χ3v) is 3.74. The summed E-state index contributed by atoms with van der Waals surface area (Å²) in [5, 5.41) is 0. The summed E-state index contributed by atoms with van der Waals surface area (Å²) in [5.74, 6) is 1.25. The van der Waals surface area contributed by atoms with Crippen molar-refractivity contribution in [1.82, 2.24) is 14.5 Å². The second kappa shape index (κ2) is 4.98. The zero-order valence-corrected chi connectivity index (χ0v) is 11.9. The number of imidazole rings is 1. The Hall–Kier alpha value is -1.33. The van der Waals surface area contributed by atoms with E-state index in [0.717, 1.165) is 54.7 Å². The van der Waals surface area contributed by atoms with Crippen molar-refractivity contribution in [2.45, 2.75) is 12.8 Å². The number of hydrogen-bond acceptors (Lipinski definition) is 4. The Labute approximate surface area is 117 Å². The Kier molecular flexibility index (Phi) is 3.33. The van der Waals surface area contributed by atoms with Crippen molar-refractivity contribution < 1.29 is 4.74 Å². The summed E-state index contributed by atoms with van der Waals surface area (Å²) < 4.78 is 7.38. The van der Waals surface area contributed by atoms with Gasteiger partial charge in [-0.3, -0.25) is 0 Å². The summed E-state index contributed by atoms with van der Waals surface area (Å²) >= 11 is 5.94. The van der Waals surface area contributed by atoms with Crippen LogP contribution in [0.2, 0.25) is 0 Å². The summed E-state index contributed by atoms with van der Waals surface area (Å²) in [6, 6.07) is 2.10. The molecule has 6 heteroatoms. The summed E-state index contributed by atoms with van der Waals surface area (Å²) in [5.41, 5.74) is 3.97. The van der Waals surface area contributed by atoms with Gasteiger partial charge in [-0.2, -0.15) is 0 Å². The van der Waals surface area contributed by atoms with Crippen LogP contribution in [0.15, 0.2) is 6.07 Å². The molecule has 0 aromatic carbocycles. The summed E-state index contributed by atoms with van der Waals surface area (Å²) in [4.78, 5) is 11.5. The fourth-order valence-corrected chi connectivity index (χ4v) is 2.70. The largest absolute Gasteiger partial charge is 0.378 e. The number of aromatic nitrogens is 3. The fourth-order valence-electron chi connectivity index (χ4n) is 2.47. The average Bonchev–Trinajstić information content (AvgIpc) is 2.76. The summed E-state index contributed by atoms with van der Waals surface area (Å²) in [6.45, 7) is 5.32. The standard InChI is InChI=1S/C13H17ClN4O/c1-9-7-10(18-3-5-19-6-4-18)12-13(15-9)17(2)11(8-14)16-12/h7H,3-6,8H2,1-2H3. The number of pyridine rings is 1. The molecule has 0 saturated carbocycles. The lowest BCUT2D eigenvalue weighted by Crippen LogP contribution is -2.36. The Bertz CT molecular complexity index is 604. The van der Waals surface area contributed by atoms with E-state index in [1.165, 1.54) is 0 Å². The highest BCUT2D eigenvalue weighted by atomic mass is 35.5. The lowest BCUT2D eigenvalue weighted by Gasteiger charge is -2.29. The predicted octanol–water partition coefficient (Wildman–Crippen LogP) is 1.85. The van der Waals surface area contributed by atoms with E-state index in [-0.39, 0.29) is 0 Å². The zero-order chi connectivity index (χ0) is 13.4. The number of ether oxygens (including phenoxy) is 1. The first-order chi connectivity index (χ1) is 9.20. The number of halogens is 1. The summed E-state index contributed by atoms with van der Waals surface area (Å²) in [7, 11) is 1.96. The van der Waals surface area contributed by atoms with E-state index in [2.05, 4.69) is 20.9 Å². The van der Waals surface area contributed by atoms with Crippen LogP contribution < -0.4 is 4.90 Å². The molecule has 0 unspecified atom stereocenters. The minimum Gasteiger partial charge on any atom is -0.378 e. The first-order valence-corrected chi connectivity index (χ1v) is 6.95. The molecule has 3 heterocycles. The van der Waals surface area contributed by atoms with Gasteiger partial charge in [-0.25, -0.2) is 9.97 Å². The third-order valence-electron chi connectivity index (χ3n) is 3.50. The molecule has 2 aromatic heterocycles. The maximum Gasteiger partial charge on any atom is 0.162 e. The normalized spacial score (nSPS) is 16.3. The van der Waals surface area contributed by atoms with Crippen molar-refractivity contribution in [1.29, 1.82) is 0 Å². The van der Waals surface area contributed by atoms with Crippen LogP contribution in [-0.4, -0.2) is 40.8 Å². The molecular weight excluding hydrogens is 264 g/mol. The number of anilines is 1. The Balaban J connectivity index is 2.17. The fraction of sp³-hybridized carbons (Fsp3) is 0.538. The lowest BCUT2D eigenvalue weighted by molar-refractivity contribution is 0.123. The van der Waals surface area contributed by atoms with Crippen LogP contribution in [0.1, 0.15) is 11.5 Å². The number of hydrogen-bond donors (Lipinski definition) is 0. The SMILES string of the molecule is Cc1cc(N2CCOCC2)c2nc(CCl)n(C)c2n1. The molecule has 3 rings (SSSR count). The van der Waals surface area contributed by atoms with Crippen molar-refractivity contribution in [2.24, 2.45) is 7.05 Å². The number of morpholine rings is 1. The molecular formula is C13H17ClN4O. The molecule has 0 N–H and O–H groups in total. The first kappa shape index (κ1) is 12.7.